The summed E-state index contributed by atoms with van der Waals surface area (Å²) in [7, 11) is 0. The van der Waals surface area contributed by atoms with Crippen LogP contribution in [-0.4, -0.2) is 53.1 Å². The fraction of sp³-hybridized carbons (Fsp3) is 0.526. The molecule has 0 amide bonds. The number of aromatic nitrogens is 1. The highest BCUT2D eigenvalue weighted by Gasteiger charge is 2.36. The van der Waals surface area contributed by atoms with Crippen molar-refractivity contribution in [3.63, 3.8) is 0 Å². The summed E-state index contributed by atoms with van der Waals surface area (Å²) in [6.45, 7) is 7.96. The molecule has 0 unspecified atom stereocenters. The van der Waals surface area contributed by atoms with Crippen molar-refractivity contribution in [3.8, 4) is 0 Å². The van der Waals surface area contributed by atoms with Crippen molar-refractivity contribution in [2.45, 2.75) is 38.6 Å². The van der Waals surface area contributed by atoms with Crippen LogP contribution in [0.3, 0.4) is 0 Å². The quantitative estimate of drug-likeness (QED) is 0.844. The standard InChI is InChI=1S/C19H25N3O2/c1-15-4-5-18(24-15)12-21-7-8-22-13-19(9-17(22)11-21)23-14-16-3-2-6-20-10-16/h2-6,10,17,19H,7-9,11-14H2,1H3/t17-,19-/m0/s1. The smallest absolute Gasteiger partial charge is 0.118 e. The van der Waals surface area contributed by atoms with E-state index in [1.165, 1.54) is 0 Å². The Kier molecular flexibility index (Phi) is 4.65. The number of furan rings is 1. The molecule has 2 aliphatic rings. The first-order valence-electron chi connectivity index (χ1n) is 8.78. The van der Waals surface area contributed by atoms with Crippen LogP contribution in [0.15, 0.2) is 41.1 Å². The van der Waals surface area contributed by atoms with Crippen LogP contribution in [0.25, 0.3) is 0 Å². The number of hydrogen-bond acceptors (Lipinski definition) is 5. The van der Waals surface area contributed by atoms with Crippen molar-refractivity contribution in [3.05, 3.63) is 53.7 Å². The number of ether oxygens (including phenoxy) is 1. The van der Waals surface area contributed by atoms with Crippen LogP contribution in [0.1, 0.15) is 23.5 Å². The normalized spacial score (nSPS) is 25.0. The number of fused-ring (bicyclic) bond motifs is 1. The van der Waals surface area contributed by atoms with Crippen LogP contribution < -0.4 is 0 Å². The van der Waals surface area contributed by atoms with Gasteiger partial charge in [-0.25, -0.2) is 0 Å². The van der Waals surface area contributed by atoms with E-state index in [1.807, 2.05) is 25.3 Å². The molecule has 0 spiro atoms. The van der Waals surface area contributed by atoms with E-state index >= 15 is 0 Å². The number of aryl methyl sites for hydroxylation is 1. The molecule has 128 valence electrons. The summed E-state index contributed by atoms with van der Waals surface area (Å²) < 4.78 is 11.8. The highest BCUT2D eigenvalue weighted by atomic mass is 16.5. The van der Waals surface area contributed by atoms with Gasteiger partial charge in [0.05, 0.1) is 19.3 Å². The average Bonchev–Trinajstić information content (AvgIpc) is 3.19. The molecule has 2 saturated heterocycles. The molecule has 5 heteroatoms. The fourth-order valence-corrected chi connectivity index (χ4v) is 3.81. The van der Waals surface area contributed by atoms with Crippen molar-refractivity contribution < 1.29 is 9.15 Å². The van der Waals surface area contributed by atoms with Crippen LogP contribution in [0.2, 0.25) is 0 Å². The molecule has 2 fully saturated rings. The van der Waals surface area contributed by atoms with Gasteiger partial charge in [-0.2, -0.15) is 0 Å². The van der Waals surface area contributed by atoms with E-state index < -0.39 is 0 Å². The van der Waals surface area contributed by atoms with Gasteiger partial charge < -0.3 is 9.15 Å². The summed E-state index contributed by atoms with van der Waals surface area (Å²) in [5.74, 6) is 2.07. The van der Waals surface area contributed by atoms with Crippen LogP contribution in [0.4, 0.5) is 0 Å². The zero-order chi connectivity index (χ0) is 16.4. The molecule has 5 nitrogen and oxygen atoms in total. The summed E-state index contributed by atoms with van der Waals surface area (Å²) in [5, 5.41) is 0. The molecule has 0 saturated carbocycles. The molecular formula is C19H25N3O2. The molecule has 4 rings (SSSR count). The maximum Gasteiger partial charge on any atom is 0.118 e. The molecule has 0 radical (unpaired) electrons. The molecule has 24 heavy (non-hydrogen) atoms. The molecule has 0 aliphatic carbocycles. The van der Waals surface area contributed by atoms with Gasteiger partial charge in [-0.3, -0.25) is 14.8 Å². The van der Waals surface area contributed by atoms with E-state index in [0.29, 0.717) is 18.8 Å². The van der Waals surface area contributed by atoms with Gasteiger partial charge in [0.25, 0.3) is 0 Å². The Morgan fingerprint density at radius 1 is 1.25 bits per heavy atom. The Morgan fingerprint density at radius 3 is 3.00 bits per heavy atom. The highest BCUT2D eigenvalue weighted by molar-refractivity contribution is 5.07. The summed E-state index contributed by atoms with van der Waals surface area (Å²) in [6.07, 6.45) is 5.14. The van der Waals surface area contributed by atoms with E-state index in [2.05, 4.69) is 26.9 Å². The molecular weight excluding hydrogens is 302 g/mol. The number of pyridine rings is 1. The maximum atomic E-state index is 6.12. The van der Waals surface area contributed by atoms with Crippen molar-refractivity contribution in [1.82, 2.24) is 14.8 Å². The Bertz CT molecular complexity index is 658. The second kappa shape index (κ2) is 7.05. The lowest BCUT2D eigenvalue weighted by Gasteiger charge is -2.36. The minimum atomic E-state index is 0.334. The third kappa shape index (κ3) is 3.69. The summed E-state index contributed by atoms with van der Waals surface area (Å²) in [4.78, 5) is 9.23. The van der Waals surface area contributed by atoms with Gasteiger partial charge in [0.1, 0.15) is 11.5 Å². The number of piperazine rings is 1. The minimum Gasteiger partial charge on any atom is -0.465 e. The zero-order valence-corrected chi connectivity index (χ0v) is 14.2. The highest BCUT2D eigenvalue weighted by Crippen LogP contribution is 2.25. The second-order valence-electron chi connectivity index (χ2n) is 6.93. The molecule has 0 bridgehead atoms. The van der Waals surface area contributed by atoms with Crippen LogP contribution in [0, 0.1) is 6.92 Å². The monoisotopic (exact) mass is 327 g/mol. The van der Waals surface area contributed by atoms with Crippen molar-refractivity contribution >= 4 is 0 Å². The first-order chi connectivity index (χ1) is 11.8. The number of rotatable bonds is 5. The van der Waals surface area contributed by atoms with Gasteiger partial charge in [0.2, 0.25) is 0 Å². The number of hydrogen-bond donors (Lipinski definition) is 0. The third-order valence-electron chi connectivity index (χ3n) is 5.05. The molecule has 2 aliphatic heterocycles. The lowest BCUT2D eigenvalue weighted by atomic mass is 10.1. The van der Waals surface area contributed by atoms with E-state index in [9.17, 15) is 0 Å². The Labute approximate surface area is 143 Å². The maximum absolute atomic E-state index is 6.12. The molecule has 2 aromatic rings. The van der Waals surface area contributed by atoms with Crippen molar-refractivity contribution in [2.24, 2.45) is 0 Å². The zero-order valence-electron chi connectivity index (χ0n) is 14.2. The lowest BCUT2D eigenvalue weighted by Crippen LogP contribution is -2.49. The van der Waals surface area contributed by atoms with Crippen molar-refractivity contribution in [2.75, 3.05) is 26.2 Å². The summed E-state index contributed by atoms with van der Waals surface area (Å²) in [5.41, 5.74) is 1.15. The van der Waals surface area contributed by atoms with Gasteiger partial charge in [-0.1, -0.05) is 6.07 Å². The van der Waals surface area contributed by atoms with Crippen LogP contribution in [-0.2, 0) is 17.9 Å². The van der Waals surface area contributed by atoms with Gasteiger partial charge in [-0.15, -0.1) is 0 Å². The number of nitrogens with zero attached hydrogens (tertiary/aromatic N) is 3. The Hall–Kier alpha value is -1.69. The van der Waals surface area contributed by atoms with Gasteiger partial charge in [0, 0.05) is 44.6 Å². The minimum absolute atomic E-state index is 0.334. The van der Waals surface area contributed by atoms with E-state index in [1.54, 1.807) is 6.20 Å². The van der Waals surface area contributed by atoms with Crippen LogP contribution in [0.5, 0.6) is 0 Å². The molecule has 0 aromatic carbocycles. The Morgan fingerprint density at radius 2 is 2.21 bits per heavy atom. The van der Waals surface area contributed by atoms with E-state index in [-0.39, 0.29) is 0 Å². The second-order valence-corrected chi connectivity index (χ2v) is 6.93. The van der Waals surface area contributed by atoms with Crippen molar-refractivity contribution in [1.29, 1.82) is 0 Å². The van der Waals surface area contributed by atoms with Gasteiger partial charge >= 0.3 is 0 Å². The third-order valence-corrected chi connectivity index (χ3v) is 5.05. The van der Waals surface area contributed by atoms with E-state index in [0.717, 1.165) is 56.2 Å². The average molecular weight is 327 g/mol. The Balaban J connectivity index is 1.27. The van der Waals surface area contributed by atoms with Gasteiger partial charge in [-0.05, 0) is 37.1 Å². The molecule has 2 atom stereocenters. The first kappa shape index (κ1) is 15.8. The molecule has 0 N–H and O–H groups in total. The first-order valence-corrected chi connectivity index (χ1v) is 8.78. The lowest BCUT2D eigenvalue weighted by molar-refractivity contribution is 0.0455. The molecule has 2 aromatic heterocycles. The SMILES string of the molecule is Cc1ccc(CN2CCN3C[C@@H](OCc4cccnc4)C[C@H]3C2)o1. The predicted octanol–water partition coefficient (Wildman–Crippen LogP) is 2.46. The molecule has 4 heterocycles. The summed E-state index contributed by atoms with van der Waals surface area (Å²) in [6, 6.07) is 8.78. The van der Waals surface area contributed by atoms with Gasteiger partial charge in [0.15, 0.2) is 0 Å². The predicted molar refractivity (Wildman–Crippen MR) is 91.5 cm³/mol. The van der Waals surface area contributed by atoms with E-state index in [4.69, 9.17) is 9.15 Å². The summed E-state index contributed by atoms with van der Waals surface area (Å²) >= 11 is 0. The fourth-order valence-electron chi connectivity index (χ4n) is 3.81. The largest absolute Gasteiger partial charge is 0.465 e. The van der Waals surface area contributed by atoms with Crippen LogP contribution >= 0.6 is 0 Å². The topological polar surface area (TPSA) is 41.7 Å².